The number of aromatic nitrogens is 3. The number of hydrogen-bond acceptors (Lipinski definition) is 9. The van der Waals surface area contributed by atoms with Crippen molar-refractivity contribution in [3.8, 4) is 17.2 Å². The molecule has 0 aliphatic carbocycles. The van der Waals surface area contributed by atoms with Crippen LogP contribution >= 0.6 is 34.8 Å². The molecule has 708 valence electrons. The summed E-state index contributed by atoms with van der Waals surface area (Å²) in [7, 11) is 0. The van der Waals surface area contributed by atoms with Crippen molar-refractivity contribution in [2.75, 3.05) is 0 Å². The van der Waals surface area contributed by atoms with E-state index in [4.69, 9.17) is 34.8 Å². The summed E-state index contributed by atoms with van der Waals surface area (Å²) >= 11 is 17.9. The normalized spacial score (nSPS) is 13.4. The van der Waals surface area contributed by atoms with Crippen LogP contribution in [0.25, 0.3) is 0 Å². The van der Waals surface area contributed by atoms with Crippen molar-refractivity contribution in [2.24, 2.45) is 0 Å². The molecule has 3 atom stereocenters. The lowest BCUT2D eigenvalue weighted by Gasteiger charge is -2.36. The molecule has 0 bridgehead atoms. The van der Waals surface area contributed by atoms with Crippen molar-refractivity contribution in [2.45, 2.75) is 113 Å². The van der Waals surface area contributed by atoms with Gasteiger partial charge >= 0.3 is 56.1 Å². The van der Waals surface area contributed by atoms with E-state index in [0.29, 0.717) is 66.2 Å². The van der Waals surface area contributed by atoms with Gasteiger partial charge in [-0.05, 0) is 205 Å². The van der Waals surface area contributed by atoms with Crippen LogP contribution in [-0.2, 0) is 54.4 Å². The Labute approximate surface area is 753 Å². The first-order valence-electron chi connectivity index (χ1n) is 37.8. The number of halogens is 32. The molecule has 3 heterocycles. The SMILES string of the molecule is Cc1ccc(C[C@@](NC(=O)c2ccc(F)c(C(F)(F)F)c2)(c2cc(F)cc(OC(F)(F)C(F)F)c2)c2ccc(Cl)cn2)cc1F.Cc1ccc(C[C@](NC(=O)c2ccc(F)c(C(F)(F)F)c2)(c2cc(F)cc(OC(F)(F)C(F)F)c2)c2ccc(Cl)cn2)cc1.Cc1ccc(C[C@](NC(=O)c2ccc(F)c(C(F)(F)F)c2)(c2cc(F)cc(OC(F)(F)C(F)F)c2)c2ccc(Cl)cn2)cc1F. The molecule has 9 aromatic carbocycles. The number of pyridine rings is 3. The molecule has 3 N–H and O–H groups in total. The molecular formula is C90H58Cl3F29N6O6. The minimum Gasteiger partial charge on any atom is -0.428 e. The summed E-state index contributed by atoms with van der Waals surface area (Å²) in [5.74, 6) is -17.6. The van der Waals surface area contributed by atoms with Crippen LogP contribution in [0.5, 0.6) is 17.2 Å². The second-order valence-corrected chi connectivity index (χ2v) is 30.7. The van der Waals surface area contributed by atoms with Gasteiger partial charge in [0.05, 0.1) is 48.8 Å². The highest BCUT2D eigenvalue weighted by Crippen LogP contribution is 2.45. The third-order valence-electron chi connectivity index (χ3n) is 19.7. The number of nitrogens with zero attached hydrogens (tertiary/aromatic N) is 3. The van der Waals surface area contributed by atoms with Gasteiger partial charge in [-0.25, -0.2) is 35.1 Å². The molecule has 0 saturated heterocycles. The first-order valence-corrected chi connectivity index (χ1v) is 38.9. The highest BCUT2D eigenvalue weighted by atomic mass is 35.5. The Morgan fingerprint density at radius 3 is 0.813 bits per heavy atom. The topological polar surface area (TPSA) is 154 Å². The molecule has 0 fully saturated rings. The number of carbonyl (C=O) groups excluding carboxylic acids is 3. The van der Waals surface area contributed by atoms with Gasteiger partial charge in [0.1, 0.15) is 80.4 Å². The quantitative estimate of drug-likeness (QED) is 0.0427. The maximum Gasteiger partial charge on any atom is 0.461 e. The van der Waals surface area contributed by atoms with Crippen LogP contribution in [0.1, 0.15) is 115 Å². The lowest BCUT2D eigenvalue weighted by atomic mass is 9.79. The van der Waals surface area contributed by atoms with Crippen LogP contribution in [0, 0.1) is 67.3 Å². The fraction of sp³-hybridized carbons (Fsp3) is 0.200. The van der Waals surface area contributed by atoms with E-state index in [1.54, 1.807) is 31.2 Å². The van der Waals surface area contributed by atoms with E-state index in [0.717, 1.165) is 66.6 Å². The van der Waals surface area contributed by atoms with E-state index < -0.39 is 212 Å². The Balaban J connectivity index is 0.000000208. The van der Waals surface area contributed by atoms with Gasteiger partial charge in [-0.2, -0.15) is 92.2 Å². The number of nitrogens with one attached hydrogen (secondary N) is 3. The van der Waals surface area contributed by atoms with E-state index in [-0.39, 0.29) is 84.6 Å². The number of rotatable bonds is 27. The first kappa shape index (κ1) is 103. The number of hydrogen-bond donors (Lipinski definition) is 3. The van der Waals surface area contributed by atoms with Gasteiger partial charge < -0.3 is 30.2 Å². The number of carbonyl (C=O) groups is 3. The minimum atomic E-state index is -5.21. The highest BCUT2D eigenvalue weighted by molar-refractivity contribution is 6.31. The summed E-state index contributed by atoms with van der Waals surface area (Å²) in [4.78, 5) is 53.2. The fourth-order valence-corrected chi connectivity index (χ4v) is 13.6. The number of benzene rings is 9. The average Bonchev–Trinajstić information content (AvgIpc) is 0.760. The molecule has 134 heavy (non-hydrogen) atoms. The maximum absolute atomic E-state index is 15.0. The number of amides is 3. The van der Waals surface area contributed by atoms with E-state index in [9.17, 15) is 142 Å². The van der Waals surface area contributed by atoms with E-state index in [1.807, 2.05) is 0 Å². The van der Waals surface area contributed by atoms with Crippen molar-refractivity contribution in [3.63, 3.8) is 0 Å². The molecule has 12 rings (SSSR count). The smallest absolute Gasteiger partial charge is 0.428 e. The second kappa shape index (κ2) is 40.9. The Morgan fingerprint density at radius 1 is 0.313 bits per heavy atom. The third kappa shape index (κ3) is 25.1. The van der Waals surface area contributed by atoms with Crippen molar-refractivity contribution in [3.05, 3.63) is 387 Å². The maximum atomic E-state index is 15.0. The van der Waals surface area contributed by atoms with Crippen molar-refractivity contribution in [1.29, 1.82) is 0 Å². The largest absolute Gasteiger partial charge is 0.461 e. The van der Waals surface area contributed by atoms with Crippen LogP contribution < -0.4 is 30.2 Å². The van der Waals surface area contributed by atoms with Crippen molar-refractivity contribution in [1.82, 2.24) is 30.9 Å². The Bertz CT molecular complexity index is 6010. The summed E-state index contributed by atoms with van der Waals surface area (Å²) in [5.41, 5.74) is -14.1. The van der Waals surface area contributed by atoms with Crippen LogP contribution in [0.3, 0.4) is 0 Å². The number of ether oxygens (including phenoxy) is 3. The molecule has 12 nitrogen and oxygen atoms in total. The van der Waals surface area contributed by atoms with Gasteiger partial charge in [0, 0.05) is 72.7 Å². The number of aryl methyl sites for hydroxylation is 3. The van der Waals surface area contributed by atoms with E-state index in [1.165, 1.54) is 74.5 Å². The summed E-state index contributed by atoms with van der Waals surface area (Å²) in [6, 6.07) is 31.0. The third-order valence-corrected chi connectivity index (χ3v) is 20.4. The zero-order valence-corrected chi connectivity index (χ0v) is 69.9. The molecule has 3 aromatic heterocycles. The van der Waals surface area contributed by atoms with Crippen LogP contribution in [0.15, 0.2) is 225 Å². The zero-order chi connectivity index (χ0) is 99.1. The lowest BCUT2D eigenvalue weighted by molar-refractivity contribution is -0.253. The molecule has 0 aliphatic rings. The van der Waals surface area contributed by atoms with Crippen molar-refractivity contribution < 1.29 is 156 Å². The molecular weight excluding hydrogens is 1920 g/mol. The number of alkyl halides is 21. The standard InChI is InChI=1S/2C30H19ClF10N2O2.C30H20ClF9N2O2/c2*1-15-2-3-16(8-24(15)34)13-28(25-7-5-19(31)14-42-25,18-10-20(32)12-21(11-18)45-30(40,41)27(35)36)43-26(44)17-4-6-23(33)22(9-17)29(37,38)39;1-16-2-4-17(5-3-16)14-28(25-9-7-20(31)15-41-25,19-11-21(32)13-22(12-19)44-30(39,40)27(34)35)42-26(43)18-6-8-24(33)23(10-18)29(36,37)38/h2*2-12,14,27H,13H2,1H3,(H,43,44);2-13,15,27H,14H2,1H3,(H,42,43)/t3*28-/m100/s1. The molecule has 0 radical (unpaired) electrons. The highest BCUT2D eigenvalue weighted by Gasteiger charge is 2.50. The Kier molecular flexibility index (Phi) is 31.5. The molecule has 44 heteroatoms. The van der Waals surface area contributed by atoms with Gasteiger partial charge in [-0.3, -0.25) is 29.3 Å². The van der Waals surface area contributed by atoms with Crippen LogP contribution in [0.2, 0.25) is 15.1 Å². The van der Waals surface area contributed by atoms with Crippen LogP contribution in [0.4, 0.5) is 127 Å². The summed E-state index contributed by atoms with van der Waals surface area (Å²) in [6.45, 7) is 4.63. The van der Waals surface area contributed by atoms with Crippen molar-refractivity contribution >= 4 is 52.5 Å². The molecule has 12 aromatic rings. The monoisotopic (exact) mass is 1970 g/mol. The second-order valence-electron chi connectivity index (χ2n) is 29.3. The molecule has 0 unspecified atom stereocenters. The van der Waals surface area contributed by atoms with Gasteiger partial charge in [-0.15, -0.1) is 0 Å². The molecule has 3 amide bonds. The predicted octanol–water partition coefficient (Wildman–Crippen LogP) is 25.8. The Hall–Kier alpha value is -12.9. The summed E-state index contributed by atoms with van der Waals surface area (Å²) in [5, 5.41) is 7.53. The molecule has 0 aliphatic heterocycles. The molecule has 0 spiro atoms. The van der Waals surface area contributed by atoms with Gasteiger partial charge in [-0.1, -0.05) is 88.9 Å². The Morgan fingerprint density at radius 2 is 0.575 bits per heavy atom. The predicted molar refractivity (Wildman–Crippen MR) is 425 cm³/mol. The van der Waals surface area contributed by atoms with Gasteiger partial charge in [0.15, 0.2) is 0 Å². The van der Waals surface area contributed by atoms with Gasteiger partial charge in [0.25, 0.3) is 17.7 Å². The average molecular weight is 1980 g/mol. The van der Waals surface area contributed by atoms with Crippen LogP contribution in [-0.4, -0.2) is 70.3 Å². The van der Waals surface area contributed by atoms with E-state index >= 15 is 0 Å². The summed E-state index contributed by atoms with van der Waals surface area (Å²) in [6.07, 6.45) is -41.9. The minimum absolute atomic E-state index is 0.0496. The molecule has 0 saturated carbocycles. The first-order chi connectivity index (χ1) is 62.3. The summed E-state index contributed by atoms with van der Waals surface area (Å²) < 4.78 is 410. The zero-order valence-electron chi connectivity index (χ0n) is 67.6. The fourth-order valence-electron chi connectivity index (χ4n) is 13.2. The lowest BCUT2D eigenvalue weighted by Crippen LogP contribution is -2.49. The van der Waals surface area contributed by atoms with E-state index in [2.05, 4.69) is 45.1 Å². The van der Waals surface area contributed by atoms with Gasteiger partial charge in [0.2, 0.25) is 0 Å².